The lowest BCUT2D eigenvalue weighted by Gasteiger charge is -2.24. The summed E-state index contributed by atoms with van der Waals surface area (Å²) in [5, 5.41) is 25.1. The fourth-order valence-corrected chi connectivity index (χ4v) is 4.02. The van der Waals surface area contributed by atoms with Crippen LogP contribution >= 0.6 is 11.8 Å². The number of primary amides is 1. The highest BCUT2D eigenvalue weighted by Crippen LogP contribution is 2.11. The Labute approximate surface area is 236 Å². The van der Waals surface area contributed by atoms with Gasteiger partial charge in [0.05, 0.1) is 0 Å². The number of nitrogens with one attached hydrogen (secondary N) is 3. The number of nitrogens with two attached hydrogens (primary N) is 2. The highest BCUT2D eigenvalue weighted by atomic mass is 32.2. The molecule has 0 aliphatic carbocycles. The van der Waals surface area contributed by atoms with Crippen molar-refractivity contribution in [1.82, 2.24) is 16.0 Å². The van der Waals surface area contributed by atoms with Crippen molar-refractivity contribution in [2.75, 3.05) is 11.5 Å². The number of carbonyl (C=O) groups excluding carboxylic acids is 5. The lowest BCUT2D eigenvalue weighted by molar-refractivity contribution is -0.158. The summed E-state index contributed by atoms with van der Waals surface area (Å²) in [4.78, 5) is 83.9. The monoisotopic (exact) mass is 591 g/mol. The van der Waals surface area contributed by atoms with Crippen molar-refractivity contribution in [3.05, 3.63) is 0 Å². The Kier molecular flexibility index (Phi) is 18.0. The maximum Gasteiger partial charge on any atom is 0.329 e. The Hall–Kier alpha value is -3.40. The van der Waals surface area contributed by atoms with Crippen molar-refractivity contribution in [1.29, 1.82) is 0 Å². The molecular weight excluding hydrogens is 550 g/mol. The second kappa shape index (κ2) is 19.6. The van der Waals surface area contributed by atoms with Crippen molar-refractivity contribution in [3.63, 3.8) is 0 Å². The standard InChI is InChI=1S/C24H41N5O10S/c1-4-5-6-7-8-19(31)27-13(2)20(32)29-16(9-10-18(26)30)24(38)39-17(12-40-11-15(25)23(36)37)21(33)28-14(3)22(34)35/h13-17H,4-12,25H2,1-3H3,(H2,26,30)(H,27,31)(H,28,33)(H,29,32)(H,34,35)(H,36,37)/t13-,14+,15-,16+,17+/m0/s1. The van der Waals surface area contributed by atoms with E-state index in [0.29, 0.717) is 6.42 Å². The number of hydrogen-bond donors (Lipinski definition) is 7. The van der Waals surface area contributed by atoms with Gasteiger partial charge in [0.2, 0.25) is 17.7 Å². The molecule has 0 bridgehead atoms. The lowest BCUT2D eigenvalue weighted by atomic mass is 10.1. The first-order valence-corrected chi connectivity index (χ1v) is 14.0. The summed E-state index contributed by atoms with van der Waals surface area (Å²) >= 11 is 0.868. The number of ether oxygens (including phenoxy) is 1. The lowest BCUT2D eigenvalue weighted by Crippen LogP contribution is -2.52. The number of esters is 1. The molecule has 9 N–H and O–H groups in total. The van der Waals surface area contributed by atoms with Crippen LogP contribution < -0.4 is 27.4 Å². The first-order valence-electron chi connectivity index (χ1n) is 12.9. The van der Waals surface area contributed by atoms with E-state index in [-0.39, 0.29) is 36.7 Å². The molecule has 0 aliphatic rings. The first-order chi connectivity index (χ1) is 18.7. The Morgan fingerprint density at radius 1 is 0.825 bits per heavy atom. The van der Waals surface area contributed by atoms with Crippen LogP contribution in [0.3, 0.4) is 0 Å². The Morgan fingerprint density at radius 2 is 1.48 bits per heavy atom. The van der Waals surface area contributed by atoms with Gasteiger partial charge < -0.3 is 42.4 Å². The summed E-state index contributed by atoms with van der Waals surface area (Å²) in [7, 11) is 0. The fourth-order valence-electron chi connectivity index (χ4n) is 3.05. The minimum absolute atomic E-state index is 0.150. The van der Waals surface area contributed by atoms with Crippen molar-refractivity contribution in [3.8, 4) is 0 Å². The zero-order valence-corrected chi connectivity index (χ0v) is 23.8. The first kappa shape index (κ1) is 36.6. The number of hydrogen-bond acceptors (Lipinski definition) is 10. The molecule has 40 heavy (non-hydrogen) atoms. The van der Waals surface area contributed by atoms with Crippen molar-refractivity contribution >= 4 is 53.3 Å². The average molecular weight is 592 g/mol. The second-order valence-corrected chi connectivity index (χ2v) is 10.2. The topological polar surface area (TPSA) is 257 Å². The van der Waals surface area contributed by atoms with Gasteiger partial charge in [-0.1, -0.05) is 26.2 Å². The fraction of sp³-hybridized carbons (Fsp3) is 0.708. The molecule has 0 aromatic carbocycles. The molecule has 0 aromatic rings. The number of unbranched alkanes of at least 4 members (excludes halogenated alkanes) is 3. The molecule has 0 spiro atoms. The molecule has 0 heterocycles. The third-order valence-corrected chi connectivity index (χ3v) is 6.61. The largest absolute Gasteiger partial charge is 0.480 e. The third kappa shape index (κ3) is 15.9. The number of rotatable bonds is 21. The third-order valence-electron chi connectivity index (χ3n) is 5.47. The van der Waals surface area contributed by atoms with E-state index in [1.807, 2.05) is 6.92 Å². The van der Waals surface area contributed by atoms with Crippen LogP contribution in [0.2, 0.25) is 0 Å². The highest BCUT2D eigenvalue weighted by Gasteiger charge is 2.32. The molecule has 228 valence electrons. The highest BCUT2D eigenvalue weighted by molar-refractivity contribution is 7.99. The normalized spacial score (nSPS) is 14.5. The molecule has 15 nitrogen and oxygen atoms in total. The molecule has 4 amide bonds. The van der Waals surface area contributed by atoms with Gasteiger partial charge in [0, 0.05) is 24.3 Å². The number of carboxylic acids is 2. The molecule has 0 rings (SSSR count). The number of aliphatic carboxylic acids is 2. The van der Waals surface area contributed by atoms with Crippen LogP contribution in [0.4, 0.5) is 0 Å². The van der Waals surface area contributed by atoms with E-state index in [1.165, 1.54) is 13.8 Å². The molecule has 0 saturated heterocycles. The maximum atomic E-state index is 13.0. The summed E-state index contributed by atoms with van der Waals surface area (Å²) < 4.78 is 5.26. The zero-order valence-electron chi connectivity index (χ0n) is 23.0. The summed E-state index contributed by atoms with van der Waals surface area (Å²) in [6.07, 6.45) is 1.52. The van der Waals surface area contributed by atoms with Gasteiger partial charge >= 0.3 is 17.9 Å². The van der Waals surface area contributed by atoms with Gasteiger partial charge in [-0.25, -0.2) is 4.79 Å². The predicted octanol–water partition coefficient (Wildman–Crippen LogP) is -1.14. The van der Waals surface area contributed by atoms with Gasteiger partial charge in [0.15, 0.2) is 6.10 Å². The van der Waals surface area contributed by atoms with Gasteiger partial charge in [0.1, 0.15) is 24.2 Å². The molecule has 0 unspecified atom stereocenters. The SMILES string of the molecule is CCCCCCC(=O)N[C@@H](C)C(=O)N[C@H](CCC(N)=O)C(=O)O[C@H](CSC[C@H](N)C(=O)O)C(=O)N[C@H](C)C(=O)O. The van der Waals surface area contributed by atoms with E-state index in [2.05, 4.69) is 16.0 Å². The van der Waals surface area contributed by atoms with E-state index in [9.17, 15) is 33.6 Å². The van der Waals surface area contributed by atoms with Crippen LogP contribution in [-0.2, 0) is 38.3 Å². The molecule has 0 saturated carbocycles. The van der Waals surface area contributed by atoms with Gasteiger partial charge in [-0.2, -0.15) is 11.8 Å². The average Bonchev–Trinajstić information content (AvgIpc) is 2.87. The minimum Gasteiger partial charge on any atom is -0.480 e. The quantitative estimate of drug-likeness (QED) is 0.0617. The molecule has 16 heteroatoms. The summed E-state index contributed by atoms with van der Waals surface area (Å²) in [5.41, 5.74) is 10.6. The van der Waals surface area contributed by atoms with E-state index < -0.39 is 65.9 Å². The van der Waals surface area contributed by atoms with Crippen LogP contribution in [-0.4, -0.2) is 93.5 Å². The minimum atomic E-state index is -1.59. The molecular formula is C24H41N5O10S. The van der Waals surface area contributed by atoms with Gasteiger partial charge in [-0.15, -0.1) is 0 Å². The van der Waals surface area contributed by atoms with Gasteiger partial charge in [-0.3, -0.25) is 28.8 Å². The van der Waals surface area contributed by atoms with Crippen molar-refractivity contribution in [2.45, 2.75) is 96.0 Å². The number of carboxylic acid groups (broad SMARTS) is 2. The predicted molar refractivity (Wildman–Crippen MR) is 145 cm³/mol. The van der Waals surface area contributed by atoms with Crippen LogP contribution in [0.25, 0.3) is 0 Å². The molecule has 5 atom stereocenters. The van der Waals surface area contributed by atoms with Crippen LogP contribution in [0, 0.1) is 0 Å². The molecule has 0 fully saturated rings. The van der Waals surface area contributed by atoms with Crippen molar-refractivity contribution < 1.29 is 48.5 Å². The van der Waals surface area contributed by atoms with E-state index >= 15 is 0 Å². The van der Waals surface area contributed by atoms with Gasteiger partial charge in [-0.05, 0) is 26.7 Å². The van der Waals surface area contributed by atoms with E-state index in [0.717, 1.165) is 31.0 Å². The molecule has 0 radical (unpaired) electrons. The summed E-state index contributed by atoms with van der Waals surface area (Å²) in [5.74, 6) is -7.07. The van der Waals surface area contributed by atoms with E-state index in [4.69, 9.17) is 26.4 Å². The maximum absolute atomic E-state index is 13.0. The molecule has 0 aromatic heterocycles. The van der Waals surface area contributed by atoms with Crippen molar-refractivity contribution in [2.24, 2.45) is 11.5 Å². The Balaban J connectivity index is 5.49. The number of carbonyl (C=O) groups is 7. The zero-order chi connectivity index (χ0) is 30.8. The Bertz CT molecular complexity index is 903. The second-order valence-electron chi connectivity index (χ2n) is 9.14. The van der Waals surface area contributed by atoms with Crippen LogP contribution in [0.1, 0.15) is 65.7 Å². The van der Waals surface area contributed by atoms with Crippen LogP contribution in [0.15, 0.2) is 0 Å². The van der Waals surface area contributed by atoms with Gasteiger partial charge in [0.25, 0.3) is 5.91 Å². The molecule has 0 aliphatic heterocycles. The smallest absolute Gasteiger partial charge is 0.329 e. The summed E-state index contributed by atoms with van der Waals surface area (Å²) in [6.45, 7) is 4.62. The summed E-state index contributed by atoms with van der Waals surface area (Å²) in [6, 6.07) is -5.08. The van der Waals surface area contributed by atoms with E-state index in [1.54, 1.807) is 0 Å². The number of thioether (sulfide) groups is 1. The van der Waals surface area contributed by atoms with Crippen LogP contribution in [0.5, 0.6) is 0 Å². The number of amides is 4. The Morgan fingerprint density at radius 3 is 2.02 bits per heavy atom.